The molecule has 0 saturated heterocycles. The predicted octanol–water partition coefficient (Wildman–Crippen LogP) is 1.42. The standard InChI is InChI=1S/C15H28N2O3Si/c1-5-15(16,17)13-11-9-10-12-14(13)21(18-6-2,19-7-3)20-8-4/h9-12H,5-8,16-17H2,1-4H3. The third-order valence-corrected chi connectivity index (χ3v) is 6.45. The SMILES string of the molecule is CCO[Si](OCC)(OCC)c1ccccc1C(N)(N)CC. The molecule has 0 bridgehead atoms. The van der Waals surface area contributed by atoms with E-state index < -0.39 is 14.5 Å². The highest BCUT2D eigenvalue weighted by molar-refractivity contribution is 6.75. The third-order valence-electron chi connectivity index (χ3n) is 3.35. The Balaban J connectivity index is 3.43. The van der Waals surface area contributed by atoms with Crippen LogP contribution in [0.1, 0.15) is 39.7 Å². The molecule has 1 aromatic carbocycles. The van der Waals surface area contributed by atoms with Gasteiger partial charge in [-0.3, -0.25) is 0 Å². The van der Waals surface area contributed by atoms with Crippen LogP contribution in [0.15, 0.2) is 24.3 Å². The molecule has 0 aliphatic rings. The predicted molar refractivity (Wildman–Crippen MR) is 87.1 cm³/mol. The highest BCUT2D eigenvalue weighted by Gasteiger charge is 2.46. The van der Waals surface area contributed by atoms with Crippen molar-refractivity contribution in [3.8, 4) is 0 Å². The number of hydrogen-bond donors (Lipinski definition) is 2. The van der Waals surface area contributed by atoms with E-state index in [1.165, 1.54) is 0 Å². The van der Waals surface area contributed by atoms with Crippen LogP contribution in [-0.4, -0.2) is 28.6 Å². The molecule has 4 N–H and O–H groups in total. The van der Waals surface area contributed by atoms with Gasteiger partial charge in [0, 0.05) is 25.0 Å². The second-order valence-electron chi connectivity index (χ2n) is 4.79. The zero-order valence-corrected chi connectivity index (χ0v) is 14.5. The van der Waals surface area contributed by atoms with E-state index in [-0.39, 0.29) is 0 Å². The Labute approximate surface area is 128 Å². The Morgan fingerprint density at radius 1 is 0.905 bits per heavy atom. The summed E-state index contributed by atoms with van der Waals surface area (Å²) in [5.41, 5.74) is 12.4. The van der Waals surface area contributed by atoms with Crippen LogP contribution in [0.2, 0.25) is 0 Å². The van der Waals surface area contributed by atoms with Crippen molar-refractivity contribution < 1.29 is 13.3 Å². The van der Waals surface area contributed by atoms with E-state index in [1.807, 2.05) is 52.0 Å². The molecular weight excluding hydrogens is 284 g/mol. The van der Waals surface area contributed by atoms with Gasteiger partial charge in [0.2, 0.25) is 0 Å². The molecule has 0 aliphatic heterocycles. The van der Waals surface area contributed by atoms with E-state index in [0.29, 0.717) is 26.2 Å². The first kappa shape index (κ1) is 18.3. The first-order valence-corrected chi connectivity index (χ1v) is 9.29. The van der Waals surface area contributed by atoms with Gasteiger partial charge in [-0.25, -0.2) is 0 Å². The fourth-order valence-corrected chi connectivity index (χ4v) is 5.08. The Morgan fingerprint density at radius 3 is 1.81 bits per heavy atom. The van der Waals surface area contributed by atoms with Crippen LogP contribution in [0.3, 0.4) is 0 Å². The summed E-state index contributed by atoms with van der Waals surface area (Å²) in [6.07, 6.45) is 0.610. The van der Waals surface area contributed by atoms with E-state index in [1.54, 1.807) is 0 Å². The minimum atomic E-state index is -3.00. The lowest BCUT2D eigenvalue weighted by Gasteiger charge is -2.34. The maximum Gasteiger partial charge on any atom is 0.537 e. The number of nitrogens with two attached hydrogens (primary N) is 2. The van der Waals surface area contributed by atoms with E-state index in [9.17, 15) is 0 Å². The van der Waals surface area contributed by atoms with Crippen molar-refractivity contribution in [1.29, 1.82) is 0 Å². The molecule has 0 radical (unpaired) electrons. The van der Waals surface area contributed by atoms with Gasteiger partial charge in [0.1, 0.15) is 0 Å². The molecule has 0 fully saturated rings. The molecular formula is C15H28N2O3Si. The normalized spacial score (nSPS) is 12.7. The van der Waals surface area contributed by atoms with E-state index in [0.717, 1.165) is 10.8 Å². The van der Waals surface area contributed by atoms with Crippen molar-refractivity contribution in [1.82, 2.24) is 0 Å². The van der Waals surface area contributed by atoms with Crippen molar-refractivity contribution in [2.24, 2.45) is 11.5 Å². The van der Waals surface area contributed by atoms with Crippen LogP contribution in [0.4, 0.5) is 0 Å². The zero-order chi connectivity index (χ0) is 15.9. The summed E-state index contributed by atoms with van der Waals surface area (Å²) in [4.78, 5) is 0. The quantitative estimate of drug-likeness (QED) is 0.532. The van der Waals surface area contributed by atoms with Gasteiger partial charge >= 0.3 is 8.80 Å². The Hall–Kier alpha value is -0.763. The number of rotatable bonds is 9. The largest absolute Gasteiger partial charge is 0.537 e. The summed E-state index contributed by atoms with van der Waals surface area (Å²) < 4.78 is 17.9. The molecule has 0 saturated carbocycles. The molecule has 6 heteroatoms. The van der Waals surface area contributed by atoms with Crippen LogP contribution in [0.25, 0.3) is 0 Å². The van der Waals surface area contributed by atoms with Crippen LogP contribution in [0, 0.1) is 0 Å². The molecule has 0 amide bonds. The Morgan fingerprint density at radius 2 is 1.38 bits per heavy atom. The molecule has 0 spiro atoms. The van der Waals surface area contributed by atoms with Gasteiger partial charge in [-0.2, -0.15) is 0 Å². The molecule has 0 atom stereocenters. The average Bonchev–Trinajstić information content (AvgIpc) is 2.48. The summed E-state index contributed by atoms with van der Waals surface area (Å²) in [7, 11) is -3.00. The molecule has 1 rings (SSSR count). The highest BCUT2D eigenvalue weighted by Crippen LogP contribution is 2.20. The topological polar surface area (TPSA) is 79.7 Å². The van der Waals surface area contributed by atoms with Gasteiger partial charge in [0.25, 0.3) is 0 Å². The maximum absolute atomic E-state index is 6.26. The van der Waals surface area contributed by atoms with Gasteiger partial charge < -0.3 is 24.7 Å². The van der Waals surface area contributed by atoms with Crippen LogP contribution < -0.4 is 16.7 Å². The summed E-state index contributed by atoms with van der Waals surface area (Å²) >= 11 is 0. The first-order valence-electron chi connectivity index (χ1n) is 7.57. The second-order valence-corrected chi connectivity index (χ2v) is 7.31. The summed E-state index contributed by atoms with van der Waals surface area (Å²) in [6.45, 7) is 9.28. The summed E-state index contributed by atoms with van der Waals surface area (Å²) in [5.74, 6) is 0. The van der Waals surface area contributed by atoms with E-state index in [4.69, 9.17) is 24.7 Å². The molecule has 0 aliphatic carbocycles. The monoisotopic (exact) mass is 312 g/mol. The highest BCUT2D eigenvalue weighted by atomic mass is 28.4. The van der Waals surface area contributed by atoms with E-state index >= 15 is 0 Å². The molecule has 0 unspecified atom stereocenters. The van der Waals surface area contributed by atoms with Gasteiger partial charge in [0.05, 0.1) is 5.66 Å². The van der Waals surface area contributed by atoms with Crippen LogP contribution >= 0.6 is 0 Å². The van der Waals surface area contributed by atoms with Crippen molar-refractivity contribution in [2.45, 2.75) is 39.8 Å². The maximum atomic E-state index is 6.26. The molecule has 120 valence electrons. The fraction of sp³-hybridized carbons (Fsp3) is 0.600. The van der Waals surface area contributed by atoms with Gasteiger partial charge in [-0.1, -0.05) is 31.2 Å². The summed E-state index contributed by atoms with van der Waals surface area (Å²) in [5, 5.41) is 0.863. The van der Waals surface area contributed by atoms with Gasteiger partial charge in [0.15, 0.2) is 0 Å². The first-order chi connectivity index (χ1) is 9.97. The molecule has 21 heavy (non-hydrogen) atoms. The van der Waals surface area contributed by atoms with Crippen molar-refractivity contribution in [3.63, 3.8) is 0 Å². The Kier molecular flexibility index (Phi) is 6.99. The second kappa shape index (κ2) is 8.02. The molecule has 0 heterocycles. The minimum Gasteiger partial charge on any atom is -0.370 e. The average molecular weight is 312 g/mol. The number of benzene rings is 1. The molecule has 5 nitrogen and oxygen atoms in total. The minimum absolute atomic E-state index is 0.509. The lowest BCUT2D eigenvalue weighted by molar-refractivity contribution is 0.0854. The van der Waals surface area contributed by atoms with E-state index in [2.05, 4.69) is 0 Å². The number of hydrogen-bond acceptors (Lipinski definition) is 5. The van der Waals surface area contributed by atoms with Crippen molar-refractivity contribution in [3.05, 3.63) is 29.8 Å². The van der Waals surface area contributed by atoms with Crippen LogP contribution in [-0.2, 0) is 18.9 Å². The smallest absolute Gasteiger partial charge is 0.370 e. The summed E-state index contributed by atoms with van der Waals surface area (Å²) in [6, 6.07) is 7.74. The van der Waals surface area contributed by atoms with Crippen molar-refractivity contribution in [2.75, 3.05) is 19.8 Å². The molecule has 1 aromatic rings. The fourth-order valence-electron chi connectivity index (χ4n) is 2.27. The van der Waals surface area contributed by atoms with Crippen LogP contribution in [0.5, 0.6) is 0 Å². The zero-order valence-electron chi connectivity index (χ0n) is 13.5. The lowest BCUT2D eigenvalue weighted by atomic mass is 9.99. The van der Waals surface area contributed by atoms with Gasteiger partial charge in [-0.15, -0.1) is 0 Å². The van der Waals surface area contributed by atoms with Gasteiger partial charge in [-0.05, 0) is 32.8 Å². The van der Waals surface area contributed by atoms with Crippen molar-refractivity contribution >= 4 is 14.0 Å². The third kappa shape index (κ3) is 4.12. The molecule has 0 aromatic heterocycles. The lowest BCUT2D eigenvalue weighted by Crippen LogP contribution is -2.61. The Bertz CT molecular complexity index is 424.